The third-order valence-electron chi connectivity index (χ3n) is 6.02. The van der Waals surface area contributed by atoms with Gasteiger partial charge in [-0.15, -0.1) is 0 Å². The van der Waals surface area contributed by atoms with Crippen molar-refractivity contribution >= 4 is 5.91 Å². The first-order valence-electron chi connectivity index (χ1n) is 12.8. The van der Waals surface area contributed by atoms with Crippen molar-refractivity contribution in [2.75, 3.05) is 26.2 Å². The molecule has 176 valence electrons. The molecule has 4 nitrogen and oxygen atoms in total. The molecule has 29 heavy (non-hydrogen) atoms. The minimum atomic E-state index is -0.0495. The van der Waals surface area contributed by atoms with Crippen LogP contribution >= 0.6 is 0 Å². The predicted octanol–water partition coefficient (Wildman–Crippen LogP) is 6.59. The topological polar surface area (TPSA) is 55.1 Å². The Balaban J connectivity index is 0. The van der Waals surface area contributed by atoms with Crippen LogP contribution in [0.1, 0.15) is 125 Å². The molecule has 3 N–H and O–H groups in total. The first kappa shape index (κ1) is 30.6. The highest BCUT2D eigenvalue weighted by Gasteiger charge is 2.24. The van der Waals surface area contributed by atoms with Crippen molar-refractivity contribution in [3.8, 4) is 0 Å². The Morgan fingerprint density at radius 2 is 1.07 bits per heavy atom. The van der Waals surface area contributed by atoms with Gasteiger partial charge in [-0.2, -0.15) is 0 Å². The van der Waals surface area contributed by atoms with Crippen LogP contribution in [-0.2, 0) is 4.79 Å². The lowest BCUT2D eigenvalue weighted by molar-refractivity contribution is -0.929. The molecule has 0 aromatic carbocycles. The van der Waals surface area contributed by atoms with E-state index in [4.69, 9.17) is 5.84 Å². The number of nitrogens with two attached hydrogens (primary N) is 1. The molecule has 4 heteroatoms. The molecule has 0 bridgehead atoms. The highest BCUT2D eigenvalue weighted by molar-refractivity contribution is 5.77. The smallest absolute Gasteiger partial charge is 0.236 e. The fourth-order valence-electron chi connectivity index (χ4n) is 3.80. The maximum Gasteiger partial charge on any atom is 0.236 e. The Hall–Kier alpha value is -0.610. The second kappa shape index (κ2) is 22.1. The molecule has 0 fully saturated rings. The molecule has 0 aliphatic heterocycles. The molecule has 0 aliphatic rings. The number of nitrogens with one attached hydrogen (secondary N) is 1. The van der Waals surface area contributed by atoms with Crippen LogP contribution in [-0.4, -0.2) is 36.6 Å². The zero-order valence-electron chi connectivity index (χ0n) is 21.0. The Labute approximate surface area is 183 Å². The van der Waals surface area contributed by atoms with E-state index in [0.29, 0.717) is 0 Å². The van der Waals surface area contributed by atoms with Gasteiger partial charge in [0.2, 0.25) is 5.91 Å². The number of carbonyl (C=O) groups excluding carboxylic acids is 1. The Morgan fingerprint density at radius 1 is 0.690 bits per heavy atom. The zero-order chi connectivity index (χ0) is 22.4. The third-order valence-corrected chi connectivity index (χ3v) is 6.02. The van der Waals surface area contributed by atoms with E-state index in [1.807, 2.05) is 6.92 Å². The SMILES string of the molecule is CCCCCCC(C)C(=O)NN.CCCC[N+](CCCC)(CCCC)CCCC. The number of carbonyl (C=O) groups is 1. The number of unbranched alkanes of at least 4 members (excludes halogenated alkanes) is 7. The Kier molecular flexibility index (Phi) is 23.3. The molecule has 1 atom stereocenters. The molecule has 0 spiro atoms. The predicted molar refractivity (Wildman–Crippen MR) is 130 cm³/mol. The highest BCUT2D eigenvalue weighted by Crippen LogP contribution is 2.16. The van der Waals surface area contributed by atoms with Crippen LogP contribution in [0.2, 0.25) is 0 Å². The molecule has 0 aromatic rings. The van der Waals surface area contributed by atoms with Gasteiger partial charge in [0.05, 0.1) is 26.2 Å². The van der Waals surface area contributed by atoms with Crippen molar-refractivity contribution in [1.82, 2.24) is 5.43 Å². The fourth-order valence-corrected chi connectivity index (χ4v) is 3.80. The second-order valence-corrected chi connectivity index (χ2v) is 8.91. The van der Waals surface area contributed by atoms with E-state index in [0.717, 1.165) is 12.8 Å². The van der Waals surface area contributed by atoms with E-state index < -0.39 is 0 Å². The summed E-state index contributed by atoms with van der Waals surface area (Å²) in [4.78, 5) is 10.9. The fraction of sp³-hybridized carbons (Fsp3) is 0.960. The highest BCUT2D eigenvalue weighted by atomic mass is 16.2. The summed E-state index contributed by atoms with van der Waals surface area (Å²) in [6, 6.07) is 0. The molecule has 0 aliphatic carbocycles. The lowest BCUT2D eigenvalue weighted by atomic mass is 10.0. The summed E-state index contributed by atoms with van der Waals surface area (Å²) in [5.41, 5.74) is 2.17. The number of quaternary nitrogens is 1. The van der Waals surface area contributed by atoms with Gasteiger partial charge in [0.25, 0.3) is 0 Å². The summed E-state index contributed by atoms with van der Waals surface area (Å²) in [5.74, 6) is 5.02. The van der Waals surface area contributed by atoms with E-state index in [1.165, 1.54) is 101 Å². The van der Waals surface area contributed by atoms with Crippen LogP contribution in [0.4, 0.5) is 0 Å². The maximum atomic E-state index is 10.9. The summed E-state index contributed by atoms with van der Waals surface area (Å²) in [6.07, 6.45) is 16.9. The first-order valence-corrected chi connectivity index (χ1v) is 12.8. The molecule has 0 radical (unpaired) electrons. The Morgan fingerprint density at radius 3 is 1.38 bits per heavy atom. The molecule has 0 heterocycles. The largest absolute Gasteiger partial charge is 0.324 e. The van der Waals surface area contributed by atoms with Crippen molar-refractivity contribution in [2.45, 2.75) is 125 Å². The van der Waals surface area contributed by atoms with Gasteiger partial charge in [0, 0.05) is 5.92 Å². The first-order chi connectivity index (χ1) is 14.0. The van der Waals surface area contributed by atoms with Crippen molar-refractivity contribution in [3.05, 3.63) is 0 Å². The number of rotatable bonds is 18. The van der Waals surface area contributed by atoms with Crippen LogP contribution in [0.15, 0.2) is 0 Å². The third kappa shape index (κ3) is 17.9. The molecular formula is C25H56N3O+. The monoisotopic (exact) mass is 414 g/mol. The summed E-state index contributed by atoms with van der Waals surface area (Å²) in [6.45, 7) is 19.1. The van der Waals surface area contributed by atoms with Crippen LogP contribution in [0.5, 0.6) is 0 Å². The minimum absolute atomic E-state index is 0.0495. The van der Waals surface area contributed by atoms with Gasteiger partial charge in [-0.05, 0) is 32.1 Å². The lowest BCUT2D eigenvalue weighted by Crippen LogP contribution is -2.50. The van der Waals surface area contributed by atoms with Gasteiger partial charge >= 0.3 is 0 Å². The van der Waals surface area contributed by atoms with Crippen molar-refractivity contribution in [3.63, 3.8) is 0 Å². The molecular weight excluding hydrogens is 358 g/mol. The average molecular weight is 415 g/mol. The zero-order valence-corrected chi connectivity index (χ0v) is 21.0. The van der Waals surface area contributed by atoms with Gasteiger partial charge in [-0.3, -0.25) is 10.2 Å². The van der Waals surface area contributed by atoms with E-state index >= 15 is 0 Å². The normalized spacial score (nSPS) is 12.2. The maximum absolute atomic E-state index is 10.9. The molecule has 1 amide bonds. The Bertz CT molecular complexity index is 309. The molecule has 0 saturated heterocycles. The number of hydrogen-bond donors (Lipinski definition) is 2. The minimum Gasteiger partial charge on any atom is -0.324 e. The number of nitrogens with zero attached hydrogens (tertiary/aromatic N) is 1. The van der Waals surface area contributed by atoms with Crippen LogP contribution < -0.4 is 11.3 Å². The summed E-state index contributed by atoms with van der Waals surface area (Å²) >= 11 is 0. The average Bonchev–Trinajstić information content (AvgIpc) is 2.75. The number of hydrazine groups is 1. The summed E-state index contributed by atoms with van der Waals surface area (Å²) in [5, 5.41) is 0. The van der Waals surface area contributed by atoms with E-state index in [9.17, 15) is 4.79 Å². The number of hydrogen-bond acceptors (Lipinski definition) is 2. The lowest BCUT2D eigenvalue weighted by Gasteiger charge is -2.39. The van der Waals surface area contributed by atoms with Crippen molar-refractivity contribution in [1.29, 1.82) is 0 Å². The van der Waals surface area contributed by atoms with Crippen LogP contribution in [0.25, 0.3) is 0 Å². The van der Waals surface area contributed by atoms with Gasteiger partial charge < -0.3 is 4.48 Å². The molecule has 0 aromatic heterocycles. The van der Waals surface area contributed by atoms with Crippen molar-refractivity contribution in [2.24, 2.45) is 11.8 Å². The molecule has 0 rings (SSSR count). The summed E-state index contributed by atoms with van der Waals surface area (Å²) in [7, 11) is 0. The second-order valence-electron chi connectivity index (χ2n) is 8.91. The molecule has 0 saturated carbocycles. The van der Waals surface area contributed by atoms with Crippen LogP contribution in [0, 0.1) is 5.92 Å². The van der Waals surface area contributed by atoms with Crippen LogP contribution in [0.3, 0.4) is 0 Å². The van der Waals surface area contributed by atoms with E-state index in [1.54, 1.807) is 0 Å². The molecule has 1 unspecified atom stereocenters. The van der Waals surface area contributed by atoms with Gasteiger partial charge in [0.1, 0.15) is 0 Å². The quantitative estimate of drug-likeness (QED) is 0.0874. The van der Waals surface area contributed by atoms with Gasteiger partial charge in [-0.25, -0.2) is 5.84 Å². The van der Waals surface area contributed by atoms with Crippen molar-refractivity contribution < 1.29 is 9.28 Å². The summed E-state index contributed by atoms with van der Waals surface area (Å²) < 4.78 is 1.42. The number of amides is 1. The van der Waals surface area contributed by atoms with E-state index in [2.05, 4.69) is 40.0 Å². The van der Waals surface area contributed by atoms with E-state index in [-0.39, 0.29) is 11.8 Å². The van der Waals surface area contributed by atoms with Gasteiger partial charge in [-0.1, -0.05) is 92.9 Å². The standard InChI is InChI=1S/C16H36N.C9H20N2O/c1-5-9-13-17(14-10-6-2,15-11-7-3)16-12-8-4;1-3-4-5-6-7-8(2)9(12)11-10/h5-16H2,1-4H3;8H,3-7,10H2,1-2H3,(H,11,12)/q+1;. The van der Waals surface area contributed by atoms with Gasteiger partial charge in [0.15, 0.2) is 0 Å².